The zero-order valence-corrected chi connectivity index (χ0v) is 19.0. The van der Waals surface area contributed by atoms with Crippen LogP contribution in [-0.2, 0) is 16.1 Å². The van der Waals surface area contributed by atoms with Gasteiger partial charge < -0.3 is 9.64 Å². The summed E-state index contributed by atoms with van der Waals surface area (Å²) in [6, 6.07) is 8.54. The van der Waals surface area contributed by atoms with E-state index in [-0.39, 0.29) is 5.91 Å². The van der Waals surface area contributed by atoms with Crippen molar-refractivity contribution in [3.63, 3.8) is 0 Å². The van der Waals surface area contributed by atoms with Crippen LogP contribution in [0.3, 0.4) is 0 Å². The van der Waals surface area contributed by atoms with E-state index in [1.54, 1.807) is 6.08 Å². The van der Waals surface area contributed by atoms with Crippen molar-refractivity contribution < 1.29 is 9.53 Å². The molecule has 4 rings (SSSR count). The molecular formula is C25H34N4O2. The number of aryl methyl sites for hydroxylation is 2. The van der Waals surface area contributed by atoms with Crippen molar-refractivity contribution in [2.45, 2.75) is 46.3 Å². The Labute approximate surface area is 185 Å². The first kappa shape index (κ1) is 21.8. The summed E-state index contributed by atoms with van der Waals surface area (Å²) < 4.78 is 7.77. The predicted octanol–water partition coefficient (Wildman–Crippen LogP) is 3.19. The van der Waals surface area contributed by atoms with Gasteiger partial charge in [-0.15, -0.1) is 0 Å². The maximum absolute atomic E-state index is 12.7. The van der Waals surface area contributed by atoms with Crippen LogP contribution < -0.4 is 0 Å². The van der Waals surface area contributed by atoms with Crippen LogP contribution in [0.25, 0.3) is 6.08 Å². The van der Waals surface area contributed by atoms with Gasteiger partial charge in [0.1, 0.15) is 0 Å². The molecule has 1 aromatic heterocycles. The summed E-state index contributed by atoms with van der Waals surface area (Å²) in [6.45, 7) is 12.2. The topological polar surface area (TPSA) is 50.6 Å². The van der Waals surface area contributed by atoms with E-state index in [0.717, 1.165) is 69.2 Å². The van der Waals surface area contributed by atoms with Gasteiger partial charge in [-0.05, 0) is 45.3 Å². The average Bonchev–Trinajstić information content (AvgIpc) is 3.37. The van der Waals surface area contributed by atoms with E-state index in [1.165, 1.54) is 17.5 Å². The highest BCUT2D eigenvalue weighted by molar-refractivity contribution is 5.92. The molecule has 166 valence electrons. The quantitative estimate of drug-likeness (QED) is 0.671. The molecule has 6 nitrogen and oxygen atoms in total. The number of aromatic nitrogens is 2. The molecular weight excluding hydrogens is 388 g/mol. The smallest absolute Gasteiger partial charge is 0.246 e. The van der Waals surface area contributed by atoms with Gasteiger partial charge in [0.15, 0.2) is 0 Å². The predicted molar refractivity (Wildman–Crippen MR) is 123 cm³/mol. The molecule has 1 amide bonds. The number of ether oxygens (including phenoxy) is 1. The minimum atomic E-state index is 0.0850. The Bertz CT molecular complexity index is 918. The Morgan fingerprint density at radius 3 is 2.55 bits per heavy atom. The molecule has 31 heavy (non-hydrogen) atoms. The minimum Gasteiger partial charge on any atom is -0.377 e. The maximum Gasteiger partial charge on any atom is 0.246 e. The number of benzene rings is 1. The van der Waals surface area contributed by atoms with Crippen molar-refractivity contribution in [2.24, 2.45) is 0 Å². The summed E-state index contributed by atoms with van der Waals surface area (Å²) in [5.41, 5.74) is 5.56. The van der Waals surface area contributed by atoms with Gasteiger partial charge in [-0.2, -0.15) is 5.10 Å². The summed E-state index contributed by atoms with van der Waals surface area (Å²) in [4.78, 5) is 17.1. The molecule has 6 heteroatoms. The van der Waals surface area contributed by atoms with Gasteiger partial charge in [0.05, 0.1) is 18.3 Å². The molecule has 0 saturated carbocycles. The standard InChI is InChI=1S/C25H34N4O2/c1-19-6-8-22(9-7-19)17-29-21(3)24(20(2)26-29)10-11-25(30)28-14-12-27(13-15-28)18-23-5-4-16-31-23/h6-11,23H,4-5,12-18H2,1-3H3. The fourth-order valence-electron chi connectivity index (χ4n) is 4.46. The molecule has 1 aromatic carbocycles. The summed E-state index contributed by atoms with van der Waals surface area (Å²) in [5, 5.41) is 4.70. The summed E-state index contributed by atoms with van der Waals surface area (Å²) >= 11 is 0. The molecule has 0 aliphatic carbocycles. The average molecular weight is 423 g/mol. The Morgan fingerprint density at radius 2 is 1.87 bits per heavy atom. The zero-order chi connectivity index (χ0) is 21.8. The van der Waals surface area contributed by atoms with Crippen LogP contribution in [0.5, 0.6) is 0 Å². The number of piperazine rings is 1. The Balaban J connectivity index is 1.33. The van der Waals surface area contributed by atoms with Crippen molar-refractivity contribution in [1.82, 2.24) is 19.6 Å². The molecule has 2 aliphatic heterocycles. The molecule has 3 heterocycles. The second-order valence-electron chi connectivity index (χ2n) is 8.82. The lowest BCUT2D eigenvalue weighted by Gasteiger charge is -2.35. The Morgan fingerprint density at radius 1 is 1.13 bits per heavy atom. The highest BCUT2D eigenvalue weighted by Gasteiger charge is 2.24. The van der Waals surface area contributed by atoms with Crippen LogP contribution in [0.2, 0.25) is 0 Å². The normalized spacial score (nSPS) is 20.1. The lowest BCUT2D eigenvalue weighted by atomic mass is 10.1. The fourth-order valence-corrected chi connectivity index (χ4v) is 4.46. The zero-order valence-electron chi connectivity index (χ0n) is 19.0. The molecule has 1 unspecified atom stereocenters. The number of carbonyl (C=O) groups excluding carboxylic acids is 1. The summed E-state index contributed by atoms with van der Waals surface area (Å²) in [7, 11) is 0. The molecule has 2 saturated heterocycles. The van der Waals surface area contributed by atoms with Gasteiger partial charge in [-0.1, -0.05) is 29.8 Å². The SMILES string of the molecule is Cc1ccc(Cn2nc(C)c(C=CC(=O)N3CCN(CC4CCCO4)CC3)c2C)cc1. The second kappa shape index (κ2) is 9.79. The van der Waals surface area contributed by atoms with Crippen molar-refractivity contribution in [3.8, 4) is 0 Å². The van der Waals surface area contributed by atoms with E-state index in [0.29, 0.717) is 6.10 Å². The molecule has 0 spiro atoms. The number of amides is 1. The van der Waals surface area contributed by atoms with Gasteiger partial charge in [0.2, 0.25) is 5.91 Å². The first-order chi connectivity index (χ1) is 15.0. The largest absolute Gasteiger partial charge is 0.377 e. The van der Waals surface area contributed by atoms with Gasteiger partial charge in [0, 0.05) is 56.7 Å². The Kier molecular flexibility index (Phi) is 6.88. The van der Waals surface area contributed by atoms with Gasteiger partial charge in [-0.25, -0.2) is 0 Å². The third-order valence-corrected chi connectivity index (χ3v) is 6.45. The first-order valence-electron chi connectivity index (χ1n) is 11.4. The van der Waals surface area contributed by atoms with Crippen molar-refractivity contribution >= 4 is 12.0 Å². The van der Waals surface area contributed by atoms with E-state index in [1.807, 2.05) is 22.6 Å². The number of carbonyl (C=O) groups is 1. The van der Waals surface area contributed by atoms with Crippen LogP contribution in [0.1, 0.15) is 40.9 Å². The summed E-state index contributed by atoms with van der Waals surface area (Å²) in [5.74, 6) is 0.0850. The monoisotopic (exact) mass is 422 g/mol. The molecule has 2 fully saturated rings. The van der Waals surface area contributed by atoms with Crippen LogP contribution >= 0.6 is 0 Å². The summed E-state index contributed by atoms with van der Waals surface area (Å²) in [6.07, 6.45) is 6.37. The third kappa shape index (κ3) is 5.43. The van der Waals surface area contributed by atoms with Gasteiger partial charge in [0.25, 0.3) is 0 Å². The van der Waals surface area contributed by atoms with E-state index in [2.05, 4.69) is 43.0 Å². The van der Waals surface area contributed by atoms with E-state index in [9.17, 15) is 4.79 Å². The molecule has 0 bridgehead atoms. The highest BCUT2D eigenvalue weighted by atomic mass is 16.5. The lowest BCUT2D eigenvalue weighted by molar-refractivity contribution is -0.127. The van der Waals surface area contributed by atoms with Gasteiger partial charge in [-0.3, -0.25) is 14.4 Å². The molecule has 0 radical (unpaired) electrons. The molecule has 2 aliphatic rings. The minimum absolute atomic E-state index is 0.0850. The molecule has 2 aromatic rings. The number of nitrogens with zero attached hydrogens (tertiary/aromatic N) is 4. The van der Waals surface area contributed by atoms with Crippen LogP contribution in [-0.4, -0.2) is 70.9 Å². The van der Waals surface area contributed by atoms with E-state index in [4.69, 9.17) is 9.84 Å². The number of rotatable bonds is 6. The van der Waals surface area contributed by atoms with Crippen LogP contribution in [0, 0.1) is 20.8 Å². The highest BCUT2D eigenvalue weighted by Crippen LogP contribution is 2.18. The van der Waals surface area contributed by atoms with Crippen LogP contribution in [0.4, 0.5) is 0 Å². The van der Waals surface area contributed by atoms with Gasteiger partial charge >= 0.3 is 0 Å². The molecule has 0 N–H and O–H groups in total. The van der Waals surface area contributed by atoms with Crippen molar-refractivity contribution in [3.05, 3.63) is 58.4 Å². The molecule has 1 atom stereocenters. The van der Waals surface area contributed by atoms with Crippen LogP contribution in [0.15, 0.2) is 30.3 Å². The van der Waals surface area contributed by atoms with E-state index >= 15 is 0 Å². The van der Waals surface area contributed by atoms with Crippen molar-refractivity contribution in [1.29, 1.82) is 0 Å². The number of hydrogen-bond acceptors (Lipinski definition) is 4. The van der Waals surface area contributed by atoms with Crippen molar-refractivity contribution in [2.75, 3.05) is 39.3 Å². The Hall–Kier alpha value is -2.44. The first-order valence-corrected chi connectivity index (χ1v) is 11.4. The fraction of sp³-hybridized carbons (Fsp3) is 0.520. The maximum atomic E-state index is 12.7. The lowest BCUT2D eigenvalue weighted by Crippen LogP contribution is -2.50. The third-order valence-electron chi connectivity index (χ3n) is 6.45. The number of hydrogen-bond donors (Lipinski definition) is 0. The van der Waals surface area contributed by atoms with E-state index < -0.39 is 0 Å². The second-order valence-corrected chi connectivity index (χ2v) is 8.82.